The van der Waals surface area contributed by atoms with E-state index in [1.54, 1.807) is 6.92 Å². The monoisotopic (exact) mass is 371 g/mol. The Morgan fingerprint density at radius 1 is 1.21 bits per heavy atom. The number of pyridine rings is 1. The Hall–Kier alpha value is -1.18. The van der Waals surface area contributed by atoms with Crippen LogP contribution in [0.1, 0.15) is 31.4 Å². The Kier molecular flexibility index (Phi) is 5.13. The molecule has 1 aliphatic heterocycles. The lowest BCUT2D eigenvalue weighted by atomic mass is 10.1. The highest BCUT2D eigenvalue weighted by Gasteiger charge is 2.34. The Bertz CT molecular complexity index is 724. The van der Waals surface area contributed by atoms with Crippen LogP contribution in [0.4, 0.5) is 0 Å². The zero-order chi connectivity index (χ0) is 17.3. The molecule has 24 heavy (non-hydrogen) atoms. The van der Waals surface area contributed by atoms with E-state index in [1.807, 2.05) is 4.90 Å². The predicted molar refractivity (Wildman–Crippen MR) is 91.3 cm³/mol. The van der Waals surface area contributed by atoms with Gasteiger partial charge in [0.2, 0.25) is 15.9 Å². The van der Waals surface area contributed by atoms with E-state index in [0.29, 0.717) is 36.9 Å². The molecule has 2 heterocycles. The van der Waals surface area contributed by atoms with Crippen LogP contribution in [-0.4, -0.2) is 54.7 Å². The number of aromatic nitrogens is 1. The Labute approximate surface area is 147 Å². The number of halogens is 1. The molecule has 0 spiro atoms. The minimum atomic E-state index is -3.63. The van der Waals surface area contributed by atoms with Crippen molar-refractivity contribution in [2.45, 2.75) is 37.5 Å². The molecule has 0 bridgehead atoms. The SMILES string of the molecule is Cc1ncc(Cl)cc1S(=O)(=O)N1CCN(C(=O)C2CCCC2)CC1. The molecule has 1 saturated heterocycles. The highest BCUT2D eigenvalue weighted by Crippen LogP contribution is 2.28. The van der Waals surface area contributed by atoms with Crippen LogP contribution in [0.5, 0.6) is 0 Å². The highest BCUT2D eigenvalue weighted by molar-refractivity contribution is 7.89. The number of hydrogen-bond acceptors (Lipinski definition) is 4. The van der Waals surface area contributed by atoms with Gasteiger partial charge < -0.3 is 4.90 Å². The number of sulfonamides is 1. The van der Waals surface area contributed by atoms with Gasteiger partial charge >= 0.3 is 0 Å². The Balaban J connectivity index is 1.69. The molecular weight excluding hydrogens is 350 g/mol. The van der Waals surface area contributed by atoms with E-state index in [-0.39, 0.29) is 16.7 Å². The highest BCUT2D eigenvalue weighted by atomic mass is 35.5. The first-order chi connectivity index (χ1) is 11.4. The minimum absolute atomic E-state index is 0.132. The summed E-state index contributed by atoms with van der Waals surface area (Å²) in [7, 11) is -3.63. The molecule has 1 aliphatic carbocycles. The van der Waals surface area contributed by atoms with Crippen molar-refractivity contribution >= 4 is 27.5 Å². The number of carbonyl (C=O) groups is 1. The van der Waals surface area contributed by atoms with E-state index in [4.69, 9.17) is 11.6 Å². The summed E-state index contributed by atoms with van der Waals surface area (Å²) in [6.45, 7) is 3.17. The van der Waals surface area contributed by atoms with E-state index in [0.717, 1.165) is 25.7 Å². The largest absolute Gasteiger partial charge is 0.340 e. The topological polar surface area (TPSA) is 70.6 Å². The molecule has 0 radical (unpaired) electrons. The number of nitrogens with zero attached hydrogens (tertiary/aromatic N) is 3. The Morgan fingerprint density at radius 3 is 2.46 bits per heavy atom. The summed E-state index contributed by atoms with van der Waals surface area (Å²) in [4.78, 5) is 18.4. The third-order valence-corrected chi connectivity index (χ3v) is 7.10. The minimum Gasteiger partial charge on any atom is -0.340 e. The van der Waals surface area contributed by atoms with Crippen LogP contribution in [0.15, 0.2) is 17.2 Å². The molecule has 0 atom stereocenters. The molecule has 0 unspecified atom stereocenters. The quantitative estimate of drug-likeness (QED) is 0.815. The fourth-order valence-electron chi connectivity index (χ4n) is 3.47. The molecular formula is C16H22ClN3O3S. The normalized spacial score (nSPS) is 20.5. The summed E-state index contributed by atoms with van der Waals surface area (Å²) in [6, 6.07) is 1.44. The second-order valence-electron chi connectivity index (χ2n) is 6.45. The van der Waals surface area contributed by atoms with E-state index >= 15 is 0 Å². The third kappa shape index (κ3) is 3.43. The van der Waals surface area contributed by atoms with Crippen molar-refractivity contribution in [2.24, 2.45) is 5.92 Å². The lowest BCUT2D eigenvalue weighted by Crippen LogP contribution is -2.51. The van der Waals surface area contributed by atoms with Crippen molar-refractivity contribution in [2.75, 3.05) is 26.2 Å². The van der Waals surface area contributed by atoms with Crippen LogP contribution < -0.4 is 0 Å². The first kappa shape index (κ1) is 17.6. The first-order valence-electron chi connectivity index (χ1n) is 8.30. The van der Waals surface area contributed by atoms with Crippen LogP contribution in [0.3, 0.4) is 0 Å². The van der Waals surface area contributed by atoms with Crippen molar-refractivity contribution in [1.29, 1.82) is 0 Å². The molecule has 3 rings (SSSR count). The lowest BCUT2D eigenvalue weighted by molar-refractivity contribution is -0.136. The van der Waals surface area contributed by atoms with Gasteiger partial charge in [0, 0.05) is 38.3 Å². The van der Waals surface area contributed by atoms with Crippen molar-refractivity contribution in [3.8, 4) is 0 Å². The van der Waals surface area contributed by atoms with Crippen molar-refractivity contribution in [3.05, 3.63) is 23.0 Å². The van der Waals surface area contributed by atoms with Gasteiger partial charge in [-0.15, -0.1) is 0 Å². The molecule has 1 saturated carbocycles. The molecule has 6 nitrogen and oxygen atoms in total. The number of amides is 1. The smallest absolute Gasteiger partial charge is 0.245 e. The standard InChI is InChI=1S/C16H22ClN3O3S/c1-12-15(10-14(17)11-18-12)24(22,23)20-8-6-19(7-9-20)16(21)13-4-2-3-5-13/h10-11,13H,2-9H2,1H3. The van der Waals surface area contributed by atoms with Crippen molar-refractivity contribution in [3.63, 3.8) is 0 Å². The van der Waals surface area contributed by atoms with Gasteiger partial charge in [0.05, 0.1) is 10.7 Å². The van der Waals surface area contributed by atoms with Crippen LogP contribution in [-0.2, 0) is 14.8 Å². The molecule has 1 amide bonds. The maximum absolute atomic E-state index is 12.8. The maximum Gasteiger partial charge on any atom is 0.245 e. The van der Waals surface area contributed by atoms with Gasteiger partial charge in [0.1, 0.15) is 4.90 Å². The van der Waals surface area contributed by atoms with E-state index < -0.39 is 10.0 Å². The molecule has 0 aromatic carbocycles. The third-order valence-electron chi connectivity index (χ3n) is 4.88. The second-order valence-corrected chi connectivity index (χ2v) is 8.79. The number of piperazine rings is 1. The van der Waals surface area contributed by atoms with Crippen molar-refractivity contribution < 1.29 is 13.2 Å². The van der Waals surface area contributed by atoms with Gasteiger partial charge in [-0.05, 0) is 25.8 Å². The molecule has 8 heteroatoms. The summed E-state index contributed by atoms with van der Waals surface area (Å²) < 4.78 is 27.1. The second kappa shape index (κ2) is 6.98. The molecule has 0 N–H and O–H groups in total. The fraction of sp³-hybridized carbons (Fsp3) is 0.625. The summed E-state index contributed by atoms with van der Waals surface area (Å²) in [5, 5.41) is 0.300. The van der Waals surface area contributed by atoms with E-state index in [9.17, 15) is 13.2 Å². The summed E-state index contributed by atoms with van der Waals surface area (Å²) >= 11 is 5.90. The molecule has 132 valence electrons. The molecule has 2 fully saturated rings. The predicted octanol–water partition coefficient (Wildman–Crippen LogP) is 2.07. The molecule has 2 aliphatic rings. The number of aryl methyl sites for hydroxylation is 1. The Morgan fingerprint density at radius 2 is 1.83 bits per heavy atom. The van der Waals surface area contributed by atoms with Crippen LogP contribution >= 0.6 is 11.6 Å². The van der Waals surface area contributed by atoms with Crippen LogP contribution in [0, 0.1) is 12.8 Å². The average molecular weight is 372 g/mol. The van der Waals surface area contributed by atoms with Gasteiger partial charge in [-0.3, -0.25) is 9.78 Å². The van der Waals surface area contributed by atoms with E-state index in [2.05, 4.69) is 4.98 Å². The molecule has 1 aromatic rings. The van der Waals surface area contributed by atoms with E-state index in [1.165, 1.54) is 16.6 Å². The van der Waals surface area contributed by atoms with Gasteiger partial charge in [-0.1, -0.05) is 24.4 Å². The van der Waals surface area contributed by atoms with Gasteiger partial charge in [0.15, 0.2) is 0 Å². The number of rotatable bonds is 3. The van der Waals surface area contributed by atoms with Gasteiger partial charge in [0.25, 0.3) is 0 Å². The van der Waals surface area contributed by atoms with Gasteiger partial charge in [-0.2, -0.15) is 4.31 Å². The summed E-state index contributed by atoms with van der Waals surface area (Å²) in [5.74, 6) is 0.317. The van der Waals surface area contributed by atoms with Gasteiger partial charge in [-0.25, -0.2) is 8.42 Å². The zero-order valence-corrected chi connectivity index (χ0v) is 15.3. The average Bonchev–Trinajstić information content (AvgIpc) is 3.11. The lowest BCUT2D eigenvalue weighted by Gasteiger charge is -2.35. The zero-order valence-electron chi connectivity index (χ0n) is 13.7. The first-order valence-corrected chi connectivity index (χ1v) is 10.1. The maximum atomic E-state index is 12.8. The molecule has 1 aromatic heterocycles. The summed E-state index contributed by atoms with van der Waals surface area (Å²) in [5.41, 5.74) is 0.434. The summed E-state index contributed by atoms with van der Waals surface area (Å²) in [6.07, 6.45) is 5.60. The number of carbonyl (C=O) groups excluding carboxylic acids is 1. The fourth-order valence-corrected chi connectivity index (χ4v) is 5.32. The number of hydrogen-bond donors (Lipinski definition) is 0. The van der Waals surface area contributed by atoms with Crippen LogP contribution in [0.2, 0.25) is 5.02 Å². The van der Waals surface area contributed by atoms with Crippen molar-refractivity contribution in [1.82, 2.24) is 14.2 Å². The van der Waals surface area contributed by atoms with Crippen LogP contribution in [0.25, 0.3) is 0 Å².